The Labute approximate surface area is 195 Å². The van der Waals surface area contributed by atoms with Gasteiger partial charge in [0.1, 0.15) is 6.04 Å². The molecular weight excluding hydrogens is 471 g/mol. The molecule has 2 atom stereocenters. The lowest BCUT2D eigenvalue weighted by Gasteiger charge is -2.22. The fourth-order valence-corrected chi connectivity index (χ4v) is 4.01. The number of ether oxygens (including phenoxy) is 1. The second kappa shape index (κ2) is 9.23. The van der Waals surface area contributed by atoms with Crippen LogP contribution in [0.5, 0.6) is 5.88 Å². The van der Waals surface area contributed by atoms with Crippen LogP contribution < -0.4 is 16.2 Å². The quantitative estimate of drug-likeness (QED) is 0.355. The Bertz CT molecular complexity index is 1330. The summed E-state index contributed by atoms with van der Waals surface area (Å²) in [5.41, 5.74) is 14.8. The standard InChI is InChI=1S/C22H18F3N5O3S/c23-22(24,25)19(13-5-6-15-17(8-13)34-10-28-15)33-18-9-16(29-21(27)30-18)12-3-1-11(2-4-12)7-14(26)20(31)32/h1-6,8-10,14,19H,7,26H2,(H,31,32)(H2,27,29,30). The van der Waals surface area contributed by atoms with E-state index in [0.717, 1.165) is 0 Å². The van der Waals surface area contributed by atoms with Gasteiger partial charge < -0.3 is 21.3 Å². The van der Waals surface area contributed by atoms with Crippen molar-refractivity contribution in [2.24, 2.45) is 5.73 Å². The molecular formula is C22H18F3N5O3S. The highest BCUT2D eigenvalue weighted by Crippen LogP contribution is 2.38. The van der Waals surface area contributed by atoms with E-state index in [1.807, 2.05) is 0 Å². The smallest absolute Gasteiger partial charge is 0.429 e. The maximum Gasteiger partial charge on any atom is 0.429 e. The van der Waals surface area contributed by atoms with Gasteiger partial charge in [-0.15, -0.1) is 11.3 Å². The van der Waals surface area contributed by atoms with Crippen LogP contribution in [0.2, 0.25) is 0 Å². The fourth-order valence-electron chi connectivity index (χ4n) is 3.28. The summed E-state index contributed by atoms with van der Waals surface area (Å²) in [6, 6.07) is 11.0. The molecule has 0 amide bonds. The molecule has 0 fully saturated rings. The molecule has 12 heteroatoms. The van der Waals surface area contributed by atoms with Gasteiger partial charge in [0.2, 0.25) is 17.9 Å². The molecule has 0 saturated carbocycles. The predicted molar refractivity (Wildman–Crippen MR) is 120 cm³/mol. The third kappa shape index (κ3) is 5.24. The molecule has 4 aromatic rings. The van der Waals surface area contributed by atoms with Crippen LogP contribution in [0.3, 0.4) is 0 Å². The molecule has 4 rings (SSSR count). The third-order valence-corrected chi connectivity index (χ3v) is 5.73. The first-order chi connectivity index (χ1) is 16.1. The van der Waals surface area contributed by atoms with Crippen LogP contribution in [0.1, 0.15) is 17.2 Å². The lowest BCUT2D eigenvalue weighted by atomic mass is 10.0. The number of hydrogen-bond acceptors (Lipinski definition) is 8. The van der Waals surface area contributed by atoms with Crippen molar-refractivity contribution < 1.29 is 27.8 Å². The molecule has 0 saturated heterocycles. The molecule has 0 radical (unpaired) electrons. The van der Waals surface area contributed by atoms with Crippen LogP contribution in [0.25, 0.3) is 21.5 Å². The number of aromatic nitrogens is 3. The highest BCUT2D eigenvalue weighted by Gasteiger charge is 2.43. The van der Waals surface area contributed by atoms with Crippen molar-refractivity contribution in [2.45, 2.75) is 24.7 Å². The van der Waals surface area contributed by atoms with Gasteiger partial charge in [0, 0.05) is 17.2 Å². The fraction of sp³-hybridized carbons (Fsp3) is 0.182. The molecule has 176 valence electrons. The second-order valence-corrected chi connectivity index (χ2v) is 8.30. The first-order valence-corrected chi connectivity index (χ1v) is 10.8. The lowest BCUT2D eigenvalue weighted by molar-refractivity contribution is -0.198. The summed E-state index contributed by atoms with van der Waals surface area (Å²) in [4.78, 5) is 22.9. The van der Waals surface area contributed by atoms with Crippen molar-refractivity contribution in [2.75, 3.05) is 5.73 Å². The predicted octanol–water partition coefficient (Wildman–Crippen LogP) is 3.97. The van der Waals surface area contributed by atoms with Gasteiger partial charge in [0.25, 0.3) is 0 Å². The van der Waals surface area contributed by atoms with E-state index in [-0.39, 0.29) is 29.5 Å². The Kier molecular flexibility index (Phi) is 6.35. The number of carboxylic acid groups (broad SMARTS) is 1. The monoisotopic (exact) mass is 489 g/mol. The number of nitrogens with zero attached hydrogens (tertiary/aromatic N) is 3. The van der Waals surface area contributed by atoms with Gasteiger partial charge in [-0.05, 0) is 24.1 Å². The van der Waals surface area contributed by atoms with Crippen LogP contribution in [-0.4, -0.2) is 38.2 Å². The Morgan fingerprint density at radius 2 is 1.85 bits per heavy atom. The zero-order valence-corrected chi connectivity index (χ0v) is 18.2. The normalized spacial score (nSPS) is 13.5. The number of aliphatic carboxylic acids is 1. The molecule has 2 unspecified atom stereocenters. The van der Waals surface area contributed by atoms with E-state index in [1.165, 1.54) is 35.6 Å². The van der Waals surface area contributed by atoms with Gasteiger partial charge in [-0.2, -0.15) is 18.2 Å². The SMILES string of the molecule is Nc1nc(OC(c2ccc3ncsc3c2)C(F)(F)F)cc(-c2ccc(CC(N)C(=O)O)cc2)n1. The second-order valence-electron chi connectivity index (χ2n) is 7.41. The minimum Gasteiger partial charge on any atom is -0.480 e. The van der Waals surface area contributed by atoms with E-state index in [1.54, 1.807) is 29.8 Å². The van der Waals surface area contributed by atoms with E-state index in [0.29, 0.717) is 21.3 Å². The van der Waals surface area contributed by atoms with Crippen molar-refractivity contribution in [3.8, 4) is 17.1 Å². The number of nitrogen functional groups attached to an aromatic ring is 1. The van der Waals surface area contributed by atoms with E-state index in [2.05, 4.69) is 15.0 Å². The number of carbonyl (C=O) groups is 1. The van der Waals surface area contributed by atoms with Crippen molar-refractivity contribution in [1.82, 2.24) is 15.0 Å². The summed E-state index contributed by atoms with van der Waals surface area (Å²) in [7, 11) is 0. The molecule has 2 heterocycles. The molecule has 0 aliphatic heterocycles. The van der Waals surface area contributed by atoms with Gasteiger partial charge in [0.15, 0.2) is 0 Å². The summed E-state index contributed by atoms with van der Waals surface area (Å²) < 4.78 is 47.5. The molecule has 0 aliphatic rings. The number of rotatable bonds is 7. The highest BCUT2D eigenvalue weighted by molar-refractivity contribution is 7.16. The topological polar surface area (TPSA) is 137 Å². The van der Waals surface area contributed by atoms with Gasteiger partial charge in [-0.1, -0.05) is 30.3 Å². The van der Waals surface area contributed by atoms with Gasteiger partial charge in [-0.3, -0.25) is 4.79 Å². The largest absolute Gasteiger partial charge is 0.480 e. The summed E-state index contributed by atoms with van der Waals surface area (Å²) in [5.74, 6) is -1.72. The number of fused-ring (bicyclic) bond motifs is 1. The zero-order chi connectivity index (χ0) is 24.5. The first-order valence-electron chi connectivity index (χ1n) is 9.89. The highest BCUT2D eigenvalue weighted by atomic mass is 32.1. The zero-order valence-electron chi connectivity index (χ0n) is 17.4. The Balaban J connectivity index is 1.62. The van der Waals surface area contributed by atoms with E-state index in [4.69, 9.17) is 21.3 Å². The average molecular weight is 489 g/mol. The van der Waals surface area contributed by atoms with Crippen molar-refractivity contribution in [3.05, 3.63) is 65.2 Å². The lowest BCUT2D eigenvalue weighted by Crippen LogP contribution is -2.32. The van der Waals surface area contributed by atoms with Gasteiger partial charge >= 0.3 is 12.1 Å². The van der Waals surface area contributed by atoms with Gasteiger partial charge in [-0.25, -0.2) is 9.97 Å². The Morgan fingerprint density at radius 3 is 2.53 bits per heavy atom. The van der Waals surface area contributed by atoms with Crippen LogP contribution in [0.4, 0.5) is 19.1 Å². The molecule has 5 N–H and O–H groups in total. The number of hydrogen-bond donors (Lipinski definition) is 3. The van der Waals surface area contributed by atoms with Crippen LogP contribution in [-0.2, 0) is 11.2 Å². The summed E-state index contributed by atoms with van der Waals surface area (Å²) in [5, 5.41) is 8.94. The number of halogens is 3. The molecule has 34 heavy (non-hydrogen) atoms. The van der Waals surface area contributed by atoms with Gasteiger partial charge in [0.05, 0.1) is 21.4 Å². The number of carboxylic acids is 1. The van der Waals surface area contributed by atoms with Crippen LogP contribution >= 0.6 is 11.3 Å². The Morgan fingerprint density at radius 1 is 1.12 bits per heavy atom. The molecule has 2 aromatic heterocycles. The van der Waals surface area contributed by atoms with E-state index < -0.39 is 24.3 Å². The molecule has 0 bridgehead atoms. The first kappa shape index (κ1) is 23.4. The molecule has 0 spiro atoms. The average Bonchev–Trinajstić information content (AvgIpc) is 3.24. The van der Waals surface area contributed by atoms with Crippen molar-refractivity contribution >= 4 is 33.5 Å². The summed E-state index contributed by atoms with van der Waals surface area (Å²) >= 11 is 1.22. The number of thiazole rings is 1. The van der Waals surface area contributed by atoms with Crippen molar-refractivity contribution in [1.29, 1.82) is 0 Å². The number of anilines is 1. The maximum absolute atomic E-state index is 13.9. The van der Waals surface area contributed by atoms with E-state index in [9.17, 15) is 18.0 Å². The molecule has 2 aromatic carbocycles. The van der Waals surface area contributed by atoms with E-state index >= 15 is 0 Å². The minimum atomic E-state index is -4.72. The van der Waals surface area contributed by atoms with Crippen molar-refractivity contribution in [3.63, 3.8) is 0 Å². The Hall–Kier alpha value is -3.77. The summed E-state index contributed by atoms with van der Waals surface area (Å²) in [6.45, 7) is 0. The number of nitrogens with two attached hydrogens (primary N) is 2. The number of alkyl halides is 3. The summed E-state index contributed by atoms with van der Waals surface area (Å²) in [6.07, 6.45) is -6.88. The maximum atomic E-state index is 13.9. The number of benzene rings is 2. The van der Waals surface area contributed by atoms with Crippen LogP contribution in [0, 0.1) is 0 Å². The molecule has 8 nitrogen and oxygen atoms in total. The molecule has 0 aliphatic carbocycles. The minimum absolute atomic E-state index is 0.0953. The third-order valence-electron chi connectivity index (χ3n) is 4.94. The van der Waals surface area contributed by atoms with Crippen LogP contribution in [0.15, 0.2) is 54.0 Å².